The minimum Gasteiger partial charge on any atom is -0.386 e. The van der Waals surface area contributed by atoms with Crippen LogP contribution in [0.25, 0.3) is 0 Å². The quantitative estimate of drug-likeness (QED) is 0.821. The molecule has 0 aromatic rings. The van der Waals surface area contributed by atoms with Crippen molar-refractivity contribution < 1.29 is 10.4 Å². The van der Waals surface area contributed by atoms with Crippen LogP contribution in [0.2, 0.25) is 0 Å². The average molecular weight is 292 g/mol. The zero-order valence-corrected chi connectivity index (χ0v) is 13.8. The second kappa shape index (κ2) is 5.53. The van der Waals surface area contributed by atoms with Crippen LogP contribution in [0.5, 0.6) is 0 Å². The first-order valence-electron chi connectivity index (χ1n) is 9.68. The van der Waals surface area contributed by atoms with Crippen LogP contribution in [-0.2, 0) is 0 Å². The molecule has 0 heterocycles. The zero-order valence-electron chi connectivity index (χ0n) is 13.8. The third-order valence-electron chi connectivity index (χ3n) is 7.44. The zero-order chi connectivity index (χ0) is 14.4. The molecule has 0 amide bonds. The highest BCUT2D eigenvalue weighted by molar-refractivity contribution is 5.05. The minimum atomic E-state index is -0.0622. The van der Waals surface area contributed by atoms with Crippen LogP contribution in [0.15, 0.2) is 0 Å². The predicted molar refractivity (Wildman–Crippen MR) is 84.9 cm³/mol. The molecule has 2 atom stereocenters. The molecule has 2 heteroatoms. The molecule has 2 nitrogen and oxygen atoms in total. The summed E-state index contributed by atoms with van der Waals surface area (Å²) in [4.78, 5) is 0. The number of hydrogen-bond acceptors (Lipinski definition) is 1. The molecule has 0 unspecified atom stereocenters. The van der Waals surface area contributed by atoms with Gasteiger partial charge < -0.3 is 10.4 Å². The SMILES string of the molecule is C[C@H]([NH2+]C1CCCCC1)[C@H](O)C12CC3CC(CC(C3)C1)C2. The predicted octanol–water partition coefficient (Wildman–Crippen LogP) is 2.85. The van der Waals surface area contributed by atoms with Crippen molar-refractivity contribution >= 4 is 0 Å². The van der Waals surface area contributed by atoms with Crippen LogP contribution in [0.3, 0.4) is 0 Å². The maximum absolute atomic E-state index is 11.2. The summed E-state index contributed by atoms with van der Waals surface area (Å²) in [7, 11) is 0. The number of aliphatic hydroxyl groups is 1. The summed E-state index contributed by atoms with van der Waals surface area (Å²) in [6.07, 6.45) is 15.4. The van der Waals surface area contributed by atoms with E-state index in [1.807, 2.05) is 0 Å². The van der Waals surface area contributed by atoms with E-state index in [0.717, 1.165) is 23.8 Å². The monoisotopic (exact) mass is 292 g/mol. The van der Waals surface area contributed by atoms with Gasteiger partial charge in [-0.25, -0.2) is 0 Å². The van der Waals surface area contributed by atoms with Crippen molar-refractivity contribution in [2.24, 2.45) is 23.2 Å². The van der Waals surface area contributed by atoms with Crippen LogP contribution < -0.4 is 5.32 Å². The molecule has 5 aliphatic rings. The van der Waals surface area contributed by atoms with E-state index in [9.17, 15) is 5.11 Å². The van der Waals surface area contributed by atoms with Crippen molar-refractivity contribution in [3.05, 3.63) is 0 Å². The van der Waals surface area contributed by atoms with Gasteiger partial charge in [-0.1, -0.05) is 6.42 Å². The highest BCUT2D eigenvalue weighted by Gasteiger charge is 2.55. The number of aliphatic hydroxyl groups excluding tert-OH is 1. The Kier molecular flexibility index (Phi) is 3.82. The lowest BCUT2D eigenvalue weighted by Crippen LogP contribution is -2.97. The van der Waals surface area contributed by atoms with Crippen molar-refractivity contribution in [2.75, 3.05) is 0 Å². The van der Waals surface area contributed by atoms with Crippen LogP contribution in [0.1, 0.15) is 77.6 Å². The largest absolute Gasteiger partial charge is 0.386 e. The van der Waals surface area contributed by atoms with Gasteiger partial charge in [0.1, 0.15) is 12.1 Å². The van der Waals surface area contributed by atoms with Crippen molar-refractivity contribution in [3.8, 4) is 0 Å². The molecule has 0 radical (unpaired) electrons. The summed E-state index contributed by atoms with van der Waals surface area (Å²) >= 11 is 0. The maximum Gasteiger partial charge on any atom is 0.111 e. The molecule has 0 aromatic heterocycles. The van der Waals surface area contributed by atoms with Crippen LogP contribution >= 0.6 is 0 Å². The van der Waals surface area contributed by atoms with Gasteiger partial charge in [0, 0.05) is 5.41 Å². The van der Waals surface area contributed by atoms with Crippen molar-refractivity contribution in [3.63, 3.8) is 0 Å². The number of nitrogens with two attached hydrogens (primary N) is 1. The second-order valence-electron chi connectivity index (χ2n) is 9.17. The molecule has 3 N–H and O–H groups in total. The van der Waals surface area contributed by atoms with Gasteiger partial charge in [0.2, 0.25) is 0 Å². The Balaban J connectivity index is 1.42. The maximum atomic E-state index is 11.2. The molecule has 21 heavy (non-hydrogen) atoms. The minimum absolute atomic E-state index is 0.0622. The molecule has 0 aliphatic heterocycles. The topological polar surface area (TPSA) is 36.8 Å². The van der Waals surface area contributed by atoms with E-state index in [2.05, 4.69) is 12.2 Å². The van der Waals surface area contributed by atoms with Gasteiger partial charge in [-0.15, -0.1) is 0 Å². The third kappa shape index (κ3) is 2.67. The number of hydrogen-bond donors (Lipinski definition) is 2. The normalized spacial score (nSPS) is 45.7. The van der Waals surface area contributed by atoms with Gasteiger partial charge in [0.15, 0.2) is 0 Å². The molecule has 0 aromatic carbocycles. The lowest BCUT2D eigenvalue weighted by molar-refractivity contribution is -0.729. The fourth-order valence-electron chi connectivity index (χ4n) is 6.96. The van der Waals surface area contributed by atoms with Gasteiger partial charge in [0.05, 0.1) is 6.04 Å². The molecular formula is C19H34NO+. The lowest BCUT2D eigenvalue weighted by atomic mass is 9.47. The molecular weight excluding hydrogens is 258 g/mol. The average Bonchev–Trinajstić information content (AvgIpc) is 2.46. The highest BCUT2D eigenvalue weighted by atomic mass is 16.3. The number of quaternary nitrogens is 1. The standard InChI is InChI=1S/C19H33NO/c1-13(20-17-5-3-2-4-6-17)18(21)19-10-14-7-15(11-19)9-16(8-14)12-19/h13-18,20-21H,2-12H2,1H3/p+1/t13-,14?,15?,16?,18-,19?/m0/s1. The van der Waals surface area contributed by atoms with Crippen molar-refractivity contribution in [1.29, 1.82) is 0 Å². The Morgan fingerprint density at radius 3 is 1.95 bits per heavy atom. The molecule has 5 aliphatic carbocycles. The van der Waals surface area contributed by atoms with Crippen molar-refractivity contribution in [2.45, 2.75) is 95.7 Å². The van der Waals surface area contributed by atoms with E-state index in [4.69, 9.17) is 0 Å². The van der Waals surface area contributed by atoms with Crippen LogP contribution in [-0.4, -0.2) is 23.3 Å². The molecule has 5 fully saturated rings. The van der Waals surface area contributed by atoms with Gasteiger partial charge in [-0.3, -0.25) is 0 Å². The summed E-state index contributed by atoms with van der Waals surface area (Å²) < 4.78 is 0. The Labute approximate surface area is 130 Å². The first kappa shape index (κ1) is 14.5. The van der Waals surface area contributed by atoms with Crippen LogP contribution in [0.4, 0.5) is 0 Å². The molecule has 0 saturated heterocycles. The molecule has 5 rings (SSSR count). The summed E-state index contributed by atoms with van der Waals surface area (Å²) in [6.45, 7) is 2.30. The van der Waals surface area contributed by atoms with Gasteiger partial charge in [0.25, 0.3) is 0 Å². The van der Waals surface area contributed by atoms with E-state index in [1.54, 1.807) is 0 Å². The summed E-state index contributed by atoms with van der Waals surface area (Å²) in [5.74, 6) is 2.85. The first-order valence-corrected chi connectivity index (χ1v) is 9.68. The first-order chi connectivity index (χ1) is 10.1. The summed E-state index contributed by atoms with van der Waals surface area (Å²) in [6, 6.07) is 1.20. The fraction of sp³-hybridized carbons (Fsp3) is 1.00. The summed E-state index contributed by atoms with van der Waals surface area (Å²) in [5, 5.41) is 13.7. The second-order valence-corrected chi connectivity index (χ2v) is 9.17. The molecule has 5 saturated carbocycles. The summed E-state index contributed by atoms with van der Waals surface area (Å²) in [5.41, 5.74) is 0.305. The van der Waals surface area contributed by atoms with Crippen LogP contribution in [0, 0.1) is 23.2 Å². The van der Waals surface area contributed by atoms with Gasteiger partial charge in [-0.2, -0.15) is 0 Å². The lowest BCUT2D eigenvalue weighted by Gasteiger charge is -2.58. The molecule has 4 bridgehead atoms. The molecule has 120 valence electrons. The Morgan fingerprint density at radius 2 is 1.43 bits per heavy atom. The van der Waals surface area contributed by atoms with Crippen molar-refractivity contribution in [1.82, 2.24) is 0 Å². The van der Waals surface area contributed by atoms with E-state index < -0.39 is 0 Å². The van der Waals surface area contributed by atoms with E-state index in [1.165, 1.54) is 70.6 Å². The Bertz CT molecular complexity index is 338. The number of rotatable bonds is 4. The smallest absolute Gasteiger partial charge is 0.111 e. The highest BCUT2D eigenvalue weighted by Crippen LogP contribution is 2.61. The molecule has 0 spiro atoms. The Morgan fingerprint density at radius 1 is 0.905 bits per heavy atom. The van der Waals surface area contributed by atoms with E-state index >= 15 is 0 Å². The van der Waals surface area contributed by atoms with E-state index in [-0.39, 0.29) is 6.10 Å². The fourth-order valence-corrected chi connectivity index (χ4v) is 6.96. The van der Waals surface area contributed by atoms with Gasteiger partial charge >= 0.3 is 0 Å². The van der Waals surface area contributed by atoms with Gasteiger partial charge in [-0.05, 0) is 88.9 Å². The van der Waals surface area contributed by atoms with E-state index in [0.29, 0.717) is 11.5 Å². The third-order valence-corrected chi connectivity index (χ3v) is 7.44. The Hall–Kier alpha value is -0.0800.